The fourth-order valence-corrected chi connectivity index (χ4v) is 2.76. The monoisotopic (exact) mass is 240 g/mol. The van der Waals surface area contributed by atoms with Crippen LogP contribution in [0.15, 0.2) is 0 Å². The van der Waals surface area contributed by atoms with E-state index in [-0.39, 0.29) is 5.97 Å². The second kappa shape index (κ2) is 4.41. The van der Waals surface area contributed by atoms with Crippen LogP contribution in [-0.4, -0.2) is 30.6 Å². The molecule has 1 heterocycles. The van der Waals surface area contributed by atoms with Gasteiger partial charge >= 0.3 is 5.97 Å². The largest absolute Gasteiger partial charge is 0.464 e. The van der Waals surface area contributed by atoms with Gasteiger partial charge in [0.15, 0.2) is 10.8 Å². The van der Waals surface area contributed by atoms with Crippen LogP contribution in [0.3, 0.4) is 0 Å². The first-order chi connectivity index (χ1) is 7.67. The highest BCUT2D eigenvalue weighted by atomic mass is 32.1. The number of ether oxygens (including phenoxy) is 1. The molecule has 0 bridgehead atoms. The van der Waals surface area contributed by atoms with Crippen LogP contribution in [0.2, 0.25) is 0 Å². The van der Waals surface area contributed by atoms with Gasteiger partial charge in [0.2, 0.25) is 0 Å². The second-order valence-electron chi connectivity index (χ2n) is 3.91. The Bertz CT molecular complexity index is 399. The molecule has 1 aliphatic carbocycles. The van der Waals surface area contributed by atoms with Gasteiger partial charge in [-0.15, -0.1) is 11.3 Å². The summed E-state index contributed by atoms with van der Waals surface area (Å²) in [6, 6.07) is 0.626. The van der Waals surface area contributed by atoms with Crippen molar-refractivity contribution in [3.05, 3.63) is 10.6 Å². The molecule has 0 N–H and O–H groups in total. The summed E-state index contributed by atoms with van der Waals surface area (Å²) >= 11 is 1.57. The zero-order chi connectivity index (χ0) is 11.7. The van der Waals surface area contributed by atoms with Crippen LogP contribution < -0.4 is 4.90 Å². The number of aromatic nitrogens is 1. The summed E-state index contributed by atoms with van der Waals surface area (Å²) in [5, 5.41) is 0.947. The Hall–Kier alpha value is -1.10. The van der Waals surface area contributed by atoms with E-state index in [1.807, 2.05) is 6.92 Å². The molecule has 1 aliphatic rings. The number of anilines is 1. The van der Waals surface area contributed by atoms with Crippen LogP contribution in [0, 0.1) is 6.92 Å². The van der Waals surface area contributed by atoms with E-state index in [2.05, 4.69) is 16.8 Å². The minimum Gasteiger partial charge on any atom is -0.464 e. The predicted molar refractivity (Wildman–Crippen MR) is 64.2 cm³/mol. The number of carbonyl (C=O) groups is 1. The third-order valence-corrected chi connectivity index (χ3v) is 3.75. The SMILES string of the molecule is CCN(c1nc(C(=O)OC)c(C)s1)C1CC1. The number of hydrogen-bond acceptors (Lipinski definition) is 5. The molecule has 0 atom stereocenters. The van der Waals surface area contributed by atoms with Crippen molar-refractivity contribution >= 4 is 22.4 Å². The predicted octanol–water partition coefficient (Wildman–Crippen LogP) is 2.23. The van der Waals surface area contributed by atoms with Gasteiger partial charge in [0.1, 0.15) is 0 Å². The quantitative estimate of drug-likeness (QED) is 0.757. The fourth-order valence-electron chi connectivity index (χ4n) is 1.73. The lowest BCUT2D eigenvalue weighted by Crippen LogP contribution is -2.24. The molecular formula is C11H16N2O2S. The highest BCUT2D eigenvalue weighted by Gasteiger charge is 2.31. The number of rotatable bonds is 4. The molecule has 2 rings (SSSR count). The van der Waals surface area contributed by atoms with E-state index in [0.29, 0.717) is 11.7 Å². The summed E-state index contributed by atoms with van der Waals surface area (Å²) in [4.78, 5) is 19.0. The van der Waals surface area contributed by atoms with Crippen molar-refractivity contribution < 1.29 is 9.53 Å². The Balaban J connectivity index is 2.25. The average molecular weight is 240 g/mol. The second-order valence-corrected chi connectivity index (χ2v) is 5.09. The third kappa shape index (κ3) is 2.04. The molecule has 0 saturated heterocycles. The number of carbonyl (C=O) groups excluding carboxylic acids is 1. The first-order valence-electron chi connectivity index (χ1n) is 5.49. The lowest BCUT2D eigenvalue weighted by molar-refractivity contribution is 0.0594. The molecule has 1 aromatic heterocycles. The van der Waals surface area contributed by atoms with Crippen molar-refractivity contribution in [2.24, 2.45) is 0 Å². The van der Waals surface area contributed by atoms with Gasteiger partial charge in [0.05, 0.1) is 7.11 Å². The van der Waals surface area contributed by atoms with Crippen LogP contribution in [0.4, 0.5) is 5.13 Å². The molecule has 1 aromatic rings. The highest BCUT2D eigenvalue weighted by Crippen LogP contribution is 2.34. The molecule has 0 unspecified atom stereocenters. The van der Waals surface area contributed by atoms with E-state index in [9.17, 15) is 4.79 Å². The fraction of sp³-hybridized carbons (Fsp3) is 0.636. The summed E-state index contributed by atoms with van der Waals surface area (Å²) < 4.78 is 4.71. The highest BCUT2D eigenvalue weighted by molar-refractivity contribution is 7.15. The Morgan fingerprint density at radius 1 is 1.62 bits per heavy atom. The minimum atomic E-state index is -0.341. The third-order valence-electron chi connectivity index (χ3n) is 2.74. The first-order valence-corrected chi connectivity index (χ1v) is 6.31. The number of hydrogen-bond donors (Lipinski definition) is 0. The van der Waals surface area contributed by atoms with Crippen LogP contribution in [0.25, 0.3) is 0 Å². The minimum absolute atomic E-state index is 0.341. The lowest BCUT2D eigenvalue weighted by Gasteiger charge is -2.18. The Morgan fingerprint density at radius 3 is 2.81 bits per heavy atom. The first kappa shape index (κ1) is 11.4. The maximum atomic E-state index is 11.4. The summed E-state index contributed by atoms with van der Waals surface area (Å²) in [5.41, 5.74) is 0.460. The molecule has 0 amide bonds. The molecule has 4 nitrogen and oxygen atoms in total. The molecular weight excluding hydrogens is 224 g/mol. The van der Waals surface area contributed by atoms with Crippen LogP contribution in [0.1, 0.15) is 35.1 Å². The number of thiazole rings is 1. The molecule has 16 heavy (non-hydrogen) atoms. The maximum absolute atomic E-state index is 11.4. The van der Waals surface area contributed by atoms with Crippen molar-refractivity contribution in [1.29, 1.82) is 0 Å². The number of esters is 1. The molecule has 1 saturated carbocycles. The zero-order valence-electron chi connectivity index (χ0n) is 9.82. The van der Waals surface area contributed by atoms with E-state index < -0.39 is 0 Å². The normalized spacial score (nSPS) is 14.9. The summed E-state index contributed by atoms with van der Waals surface area (Å²) in [5.74, 6) is -0.341. The van der Waals surface area contributed by atoms with Gasteiger partial charge in [-0.1, -0.05) is 0 Å². The molecule has 88 valence electrons. The summed E-state index contributed by atoms with van der Waals surface area (Å²) in [6.45, 7) is 4.97. The van der Waals surface area contributed by atoms with Crippen molar-refractivity contribution in [3.8, 4) is 0 Å². The van der Waals surface area contributed by atoms with Crippen molar-refractivity contribution in [2.75, 3.05) is 18.6 Å². The smallest absolute Gasteiger partial charge is 0.357 e. The standard InChI is InChI=1S/C11H16N2O2S/c1-4-13(8-5-6-8)11-12-9(7(2)16-11)10(14)15-3/h8H,4-6H2,1-3H3. The Kier molecular flexibility index (Phi) is 3.14. The lowest BCUT2D eigenvalue weighted by atomic mass is 10.4. The average Bonchev–Trinajstić information content (AvgIpc) is 3.03. The van der Waals surface area contributed by atoms with Gasteiger partial charge in [0.25, 0.3) is 0 Å². The number of methoxy groups -OCH3 is 1. The maximum Gasteiger partial charge on any atom is 0.357 e. The molecule has 0 radical (unpaired) electrons. The van der Waals surface area contributed by atoms with Crippen molar-refractivity contribution in [1.82, 2.24) is 4.98 Å². The van der Waals surface area contributed by atoms with E-state index >= 15 is 0 Å². The van der Waals surface area contributed by atoms with Gasteiger partial charge < -0.3 is 9.64 Å². The molecule has 0 aromatic carbocycles. The van der Waals surface area contributed by atoms with Crippen LogP contribution in [-0.2, 0) is 4.74 Å². The topological polar surface area (TPSA) is 42.4 Å². The number of nitrogens with zero attached hydrogens (tertiary/aromatic N) is 2. The van der Waals surface area contributed by atoms with Crippen molar-refractivity contribution in [3.63, 3.8) is 0 Å². The summed E-state index contributed by atoms with van der Waals surface area (Å²) in [6.07, 6.45) is 2.47. The molecule has 0 aliphatic heterocycles. The summed E-state index contributed by atoms with van der Waals surface area (Å²) in [7, 11) is 1.39. The van der Waals surface area contributed by atoms with Crippen LogP contribution >= 0.6 is 11.3 Å². The van der Waals surface area contributed by atoms with Gasteiger partial charge in [-0.25, -0.2) is 9.78 Å². The van der Waals surface area contributed by atoms with E-state index in [1.165, 1.54) is 20.0 Å². The number of aryl methyl sites for hydroxylation is 1. The van der Waals surface area contributed by atoms with E-state index in [1.54, 1.807) is 11.3 Å². The Labute approximate surface area is 99.2 Å². The van der Waals surface area contributed by atoms with Crippen molar-refractivity contribution in [2.45, 2.75) is 32.7 Å². The molecule has 0 spiro atoms. The van der Waals surface area contributed by atoms with Crippen LogP contribution in [0.5, 0.6) is 0 Å². The van der Waals surface area contributed by atoms with Gasteiger partial charge in [-0.3, -0.25) is 0 Å². The zero-order valence-corrected chi connectivity index (χ0v) is 10.6. The van der Waals surface area contributed by atoms with Gasteiger partial charge in [-0.2, -0.15) is 0 Å². The van der Waals surface area contributed by atoms with Gasteiger partial charge in [0, 0.05) is 17.5 Å². The van der Waals surface area contributed by atoms with Gasteiger partial charge in [-0.05, 0) is 26.7 Å². The molecule has 1 fully saturated rings. The van der Waals surface area contributed by atoms with E-state index in [4.69, 9.17) is 4.74 Å². The Morgan fingerprint density at radius 2 is 2.31 bits per heavy atom. The molecule has 5 heteroatoms. The van der Waals surface area contributed by atoms with E-state index in [0.717, 1.165) is 16.6 Å².